The molecular formula is C18H19F4NO2S. The highest BCUT2D eigenvalue weighted by Gasteiger charge is 2.35. The zero-order valence-corrected chi connectivity index (χ0v) is 15.6. The molecule has 0 bridgehead atoms. The molecule has 26 heavy (non-hydrogen) atoms. The zero-order valence-electron chi connectivity index (χ0n) is 14.8. The van der Waals surface area contributed by atoms with Crippen molar-refractivity contribution in [3.8, 4) is 0 Å². The van der Waals surface area contributed by atoms with E-state index in [1.807, 2.05) is 6.07 Å². The van der Waals surface area contributed by atoms with E-state index < -0.39 is 34.1 Å². The van der Waals surface area contributed by atoms with Crippen LogP contribution in [0, 0.1) is 33.5 Å². The number of hydrogen-bond donors (Lipinski definition) is 1. The maximum atomic E-state index is 14.1. The van der Waals surface area contributed by atoms with Gasteiger partial charge in [0.05, 0.1) is 10.5 Å². The van der Waals surface area contributed by atoms with Gasteiger partial charge in [-0.2, -0.15) is 13.2 Å². The summed E-state index contributed by atoms with van der Waals surface area (Å²) in [6, 6.07) is 4.64. The fourth-order valence-corrected chi connectivity index (χ4v) is 4.38. The van der Waals surface area contributed by atoms with E-state index >= 15 is 0 Å². The van der Waals surface area contributed by atoms with Crippen molar-refractivity contribution in [2.75, 3.05) is 0 Å². The predicted octanol–water partition coefficient (Wildman–Crippen LogP) is 4.56. The molecule has 0 saturated heterocycles. The Hall–Kier alpha value is -1.93. The van der Waals surface area contributed by atoms with E-state index in [1.165, 1.54) is 0 Å². The van der Waals surface area contributed by atoms with Crippen molar-refractivity contribution < 1.29 is 26.0 Å². The highest BCUT2D eigenvalue weighted by Crippen LogP contribution is 2.32. The Bertz CT molecular complexity index is 924. The van der Waals surface area contributed by atoms with Crippen LogP contribution in [0.15, 0.2) is 29.2 Å². The maximum Gasteiger partial charge on any atom is 0.419 e. The summed E-state index contributed by atoms with van der Waals surface area (Å²) in [6.07, 6.45) is -4.85. The first-order valence-corrected chi connectivity index (χ1v) is 9.26. The number of halogens is 4. The van der Waals surface area contributed by atoms with Crippen LogP contribution in [0.2, 0.25) is 0 Å². The van der Waals surface area contributed by atoms with E-state index in [9.17, 15) is 26.0 Å². The van der Waals surface area contributed by atoms with Crippen LogP contribution in [0.1, 0.15) is 33.4 Å². The highest BCUT2D eigenvalue weighted by atomic mass is 32.2. The van der Waals surface area contributed by atoms with E-state index in [2.05, 4.69) is 4.72 Å². The number of benzene rings is 2. The molecule has 0 amide bonds. The second-order valence-corrected chi connectivity index (χ2v) is 7.89. The minimum Gasteiger partial charge on any atom is -0.207 e. The monoisotopic (exact) mass is 389 g/mol. The van der Waals surface area contributed by atoms with Gasteiger partial charge in [0.2, 0.25) is 10.0 Å². The van der Waals surface area contributed by atoms with Crippen molar-refractivity contribution in [3.63, 3.8) is 0 Å². The van der Waals surface area contributed by atoms with Crippen LogP contribution in [-0.2, 0) is 22.7 Å². The van der Waals surface area contributed by atoms with Crippen molar-refractivity contribution in [1.29, 1.82) is 0 Å². The molecule has 0 heterocycles. The Labute approximate surface area is 150 Å². The van der Waals surface area contributed by atoms with Gasteiger partial charge in [0, 0.05) is 12.1 Å². The molecule has 0 fully saturated rings. The number of nitrogens with one attached hydrogen (secondary N) is 1. The molecule has 2 aromatic carbocycles. The fraction of sp³-hybridized carbons (Fsp3) is 0.333. The molecule has 0 saturated carbocycles. The summed E-state index contributed by atoms with van der Waals surface area (Å²) < 4.78 is 80.0. The number of aryl methyl sites for hydroxylation is 2. The van der Waals surface area contributed by atoms with Gasteiger partial charge < -0.3 is 0 Å². The molecule has 0 aliphatic carbocycles. The lowest BCUT2D eigenvalue weighted by atomic mass is 10.0. The molecule has 8 heteroatoms. The summed E-state index contributed by atoms with van der Waals surface area (Å²) in [6.45, 7) is 6.27. The van der Waals surface area contributed by atoms with Crippen molar-refractivity contribution in [1.82, 2.24) is 4.72 Å². The van der Waals surface area contributed by atoms with Crippen LogP contribution >= 0.6 is 0 Å². The highest BCUT2D eigenvalue weighted by molar-refractivity contribution is 7.89. The van der Waals surface area contributed by atoms with E-state index in [0.29, 0.717) is 17.2 Å². The smallest absolute Gasteiger partial charge is 0.207 e. The third-order valence-corrected chi connectivity index (χ3v) is 6.08. The van der Waals surface area contributed by atoms with Crippen LogP contribution in [0.5, 0.6) is 0 Å². The van der Waals surface area contributed by atoms with Crippen LogP contribution in [0.3, 0.4) is 0 Å². The Morgan fingerprint density at radius 2 is 1.54 bits per heavy atom. The SMILES string of the molecule is Cc1cc(C)c(C)c(S(=O)(=O)NCc2cccc(C(F)(F)F)c2F)c1C. The van der Waals surface area contributed by atoms with Gasteiger partial charge in [0.15, 0.2) is 0 Å². The van der Waals surface area contributed by atoms with Crippen molar-refractivity contribution in [2.24, 2.45) is 0 Å². The van der Waals surface area contributed by atoms with Crippen molar-refractivity contribution >= 4 is 10.0 Å². The lowest BCUT2D eigenvalue weighted by Crippen LogP contribution is -2.26. The predicted molar refractivity (Wildman–Crippen MR) is 90.8 cm³/mol. The molecule has 2 aromatic rings. The molecule has 0 unspecified atom stereocenters. The largest absolute Gasteiger partial charge is 0.419 e. The molecular weight excluding hydrogens is 370 g/mol. The molecule has 142 valence electrons. The molecule has 0 spiro atoms. The molecule has 0 radical (unpaired) electrons. The minimum atomic E-state index is -4.85. The van der Waals surface area contributed by atoms with Crippen molar-refractivity contribution in [3.05, 3.63) is 63.5 Å². The van der Waals surface area contributed by atoms with Gasteiger partial charge in [-0.3, -0.25) is 0 Å². The summed E-state index contributed by atoms with van der Waals surface area (Å²) in [5, 5.41) is 0. The Balaban J connectivity index is 2.40. The third kappa shape index (κ3) is 3.91. The van der Waals surface area contributed by atoms with Gasteiger partial charge >= 0.3 is 6.18 Å². The van der Waals surface area contributed by atoms with Crippen LogP contribution in [-0.4, -0.2) is 8.42 Å². The van der Waals surface area contributed by atoms with Crippen LogP contribution in [0.4, 0.5) is 17.6 Å². The second kappa shape index (κ2) is 7.00. The first-order chi connectivity index (χ1) is 11.9. The van der Waals surface area contributed by atoms with Gasteiger partial charge in [0.25, 0.3) is 0 Å². The summed E-state index contributed by atoms with van der Waals surface area (Å²) in [5.74, 6) is -1.48. The molecule has 2 rings (SSSR count). The molecule has 0 aromatic heterocycles. The van der Waals surface area contributed by atoms with E-state index in [1.54, 1.807) is 27.7 Å². The number of alkyl halides is 3. The third-order valence-electron chi connectivity index (χ3n) is 4.40. The van der Waals surface area contributed by atoms with Crippen molar-refractivity contribution in [2.45, 2.75) is 45.3 Å². The normalized spacial score (nSPS) is 12.5. The number of rotatable bonds is 4. The first kappa shape index (κ1) is 20.4. The second-order valence-electron chi connectivity index (χ2n) is 6.19. The Kier molecular flexibility index (Phi) is 5.49. The molecule has 0 aliphatic rings. The van der Waals surface area contributed by atoms with Gasteiger partial charge in [-0.1, -0.05) is 18.2 Å². The van der Waals surface area contributed by atoms with Gasteiger partial charge in [-0.05, 0) is 56.0 Å². The topological polar surface area (TPSA) is 46.2 Å². The Morgan fingerprint density at radius 1 is 1.00 bits per heavy atom. The van der Waals surface area contributed by atoms with E-state index in [-0.39, 0.29) is 10.5 Å². The lowest BCUT2D eigenvalue weighted by molar-refractivity contribution is -0.140. The van der Waals surface area contributed by atoms with Crippen LogP contribution < -0.4 is 4.72 Å². The molecule has 1 N–H and O–H groups in total. The van der Waals surface area contributed by atoms with Crippen LogP contribution in [0.25, 0.3) is 0 Å². The average Bonchev–Trinajstić information content (AvgIpc) is 2.51. The average molecular weight is 389 g/mol. The summed E-state index contributed by atoms with van der Waals surface area (Å²) in [7, 11) is -4.03. The van der Waals surface area contributed by atoms with E-state index in [4.69, 9.17) is 0 Å². The molecule has 3 nitrogen and oxygen atoms in total. The number of sulfonamides is 1. The quantitative estimate of drug-likeness (QED) is 0.780. The van der Waals surface area contributed by atoms with E-state index in [0.717, 1.165) is 23.3 Å². The summed E-state index contributed by atoms with van der Waals surface area (Å²) in [4.78, 5) is 0.0717. The Morgan fingerprint density at radius 3 is 2.04 bits per heavy atom. The van der Waals surface area contributed by atoms with Gasteiger partial charge in [-0.25, -0.2) is 17.5 Å². The fourth-order valence-electron chi connectivity index (χ4n) is 2.76. The number of hydrogen-bond acceptors (Lipinski definition) is 2. The van der Waals surface area contributed by atoms with Gasteiger partial charge in [0.1, 0.15) is 5.82 Å². The first-order valence-electron chi connectivity index (χ1n) is 7.78. The maximum absolute atomic E-state index is 14.1. The van der Waals surface area contributed by atoms with Gasteiger partial charge in [-0.15, -0.1) is 0 Å². The molecule has 0 aliphatic heterocycles. The standard InChI is InChI=1S/C18H19F4NO2S/c1-10-8-11(2)13(4)17(12(10)3)26(24,25)23-9-14-6-5-7-15(16(14)19)18(20,21)22/h5-8,23H,9H2,1-4H3. The summed E-state index contributed by atoms with van der Waals surface area (Å²) in [5.41, 5.74) is 0.851. The lowest BCUT2D eigenvalue weighted by Gasteiger charge is -2.17. The summed E-state index contributed by atoms with van der Waals surface area (Å²) >= 11 is 0. The molecule has 0 atom stereocenters. The minimum absolute atomic E-state index is 0.0717. The zero-order chi connectivity index (χ0) is 19.9.